The topological polar surface area (TPSA) is 70.5 Å². The Morgan fingerprint density at radius 1 is 1.28 bits per heavy atom. The second-order valence-electron chi connectivity index (χ2n) is 4.58. The molecule has 4 nitrogen and oxygen atoms in total. The number of aryl methyl sites for hydroxylation is 1. The molecule has 0 fully saturated rings. The van der Waals surface area contributed by atoms with Crippen molar-refractivity contribution in [3.8, 4) is 11.4 Å². The van der Waals surface area contributed by atoms with E-state index in [0.29, 0.717) is 6.54 Å². The van der Waals surface area contributed by atoms with Gasteiger partial charge in [0.05, 0.1) is 17.6 Å². The molecule has 0 radical (unpaired) electrons. The largest absolute Gasteiger partial charge is 0.353 e. The van der Waals surface area contributed by atoms with Crippen LogP contribution in [0.4, 0.5) is 0 Å². The minimum atomic E-state index is 0.631. The maximum Gasteiger partial charge on any atom is 0.0845 e. The third-order valence-electron chi connectivity index (χ3n) is 3.18. The maximum absolute atomic E-state index is 5.61. The predicted molar refractivity (Wildman–Crippen MR) is 73.4 cm³/mol. The number of nitrogens with two attached hydrogens (primary N) is 1. The van der Waals surface area contributed by atoms with Crippen LogP contribution in [0.5, 0.6) is 0 Å². The lowest BCUT2D eigenvalue weighted by atomic mass is 10.1. The SMILES string of the molecule is Cc1ccc2[nH]c(-c3[nH]ncc3CCN)cc2c1. The van der Waals surface area contributed by atoms with Crippen LogP contribution in [0.15, 0.2) is 30.5 Å². The summed E-state index contributed by atoms with van der Waals surface area (Å²) in [5, 5.41) is 8.37. The Morgan fingerprint density at radius 3 is 3.00 bits per heavy atom. The van der Waals surface area contributed by atoms with Gasteiger partial charge in [0, 0.05) is 16.5 Å². The summed E-state index contributed by atoms with van der Waals surface area (Å²) < 4.78 is 0. The van der Waals surface area contributed by atoms with Crippen molar-refractivity contribution in [1.29, 1.82) is 0 Å². The standard InChI is InChI=1S/C14H16N4/c1-9-2-3-12-11(6-9)7-13(17-12)14-10(4-5-15)8-16-18-14/h2-3,6-8,17H,4-5,15H2,1H3,(H,16,18). The minimum Gasteiger partial charge on any atom is -0.353 e. The van der Waals surface area contributed by atoms with Crippen LogP contribution in [0, 0.1) is 6.92 Å². The van der Waals surface area contributed by atoms with Crippen LogP contribution in [-0.4, -0.2) is 21.7 Å². The van der Waals surface area contributed by atoms with E-state index in [0.717, 1.165) is 28.9 Å². The van der Waals surface area contributed by atoms with Gasteiger partial charge in [-0.05, 0) is 38.1 Å². The van der Waals surface area contributed by atoms with Crippen LogP contribution in [0.3, 0.4) is 0 Å². The summed E-state index contributed by atoms with van der Waals surface area (Å²) in [6, 6.07) is 8.54. The fourth-order valence-corrected chi connectivity index (χ4v) is 2.28. The Balaban J connectivity index is 2.10. The van der Waals surface area contributed by atoms with Gasteiger partial charge in [-0.1, -0.05) is 11.6 Å². The third-order valence-corrected chi connectivity index (χ3v) is 3.18. The van der Waals surface area contributed by atoms with Gasteiger partial charge in [-0.2, -0.15) is 5.10 Å². The third kappa shape index (κ3) is 1.80. The molecule has 0 saturated heterocycles. The summed E-state index contributed by atoms with van der Waals surface area (Å²) in [4.78, 5) is 3.41. The molecule has 18 heavy (non-hydrogen) atoms. The summed E-state index contributed by atoms with van der Waals surface area (Å²) in [5.41, 5.74) is 11.3. The molecule has 0 aliphatic heterocycles. The minimum absolute atomic E-state index is 0.631. The summed E-state index contributed by atoms with van der Waals surface area (Å²) in [7, 11) is 0. The van der Waals surface area contributed by atoms with Crippen LogP contribution in [0.1, 0.15) is 11.1 Å². The summed E-state index contributed by atoms with van der Waals surface area (Å²) in [5.74, 6) is 0. The van der Waals surface area contributed by atoms with Gasteiger partial charge in [-0.3, -0.25) is 5.10 Å². The summed E-state index contributed by atoms with van der Waals surface area (Å²) in [6.07, 6.45) is 2.68. The van der Waals surface area contributed by atoms with Crippen LogP contribution in [-0.2, 0) is 6.42 Å². The maximum atomic E-state index is 5.61. The first kappa shape index (κ1) is 11.0. The van der Waals surface area contributed by atoms with E-state index in [2.05, 4.69) is 46.4 Å². The number of hydrogen-bond acceptors (Lipinski definition) is 2. The zero-order chi connectivity index (χ0) is 12.5. The Bertz CT molecular complexity index is 678. The molecule has 0 bridgehead atoms. The molecule has 3 rings (SSSR count). The predicted octanol–water partition coefficient (Wildman–Crippen LogP) is 2.37. The number of hydrogen-bond donors (Lipinski definition) is 3. The van der Waals surface area contributed by atoms with E-state index in [1.807, 2.05) is 6.20 Å². The lowest BCUT2D eigenvalue weighted by Crippen LogP contribution is -2.02. The Hall–Kier alpha value is -2.07. The van der Waals surface area contributed by atoms with E-state index >= 15 is 0 Å². The molecule has 1 aromatic carbocycles. The van der Waals surface area contributed by atoms with E-state index in [1.165, 1.54) is 10.9 Å². The second-order valence-corrected chi connectivity index (χ2v) is 4.58. The van der Waals surface area contributed by atoms with E-state index in [9.17, 15) is 0 Å². The monoisotopic (exact) mass is 240 g/mol. The Morgan fingerprint density at radius 2 is 2.17 bits per heavy atom. The molecule has 0 saturated carbocycles. The van der Waals surface area contributed by atoms with Gasteiger partial charge in [0.15, 0.2) is 0 Å². The van der Waals surface area contributed by atoms with E-state index < -0.39 is 0 Å². The molecule has 0 spiro atoms. The van der Waals surface area contributed by atoms with Crippen molar-refractivity contribution < 1.29 is 0 Å². The first-order valence-electron chi connectivity index (χ1n) is 6.10. The van der Waals surface area contributed by atoms with Gasteiger partial charge < -0.3 is 10.7 Å². The van der Waals surface area contributed by atoms with Crippen molar-refractivity contribution in [3.63, 3.8) is 0 Å². The van der Waals surface area contributed by atoms with Gasteiger partial charge in [0.1, 0.15) is 0 Å². The molecule has 0 aliphatic rings. The fraction of sp³-hybridized carbons (Fsp3) is 0.214. The highest BCUT2D eigenvalue weighted by Crippen LogP contribution is 2.25. The van der Waals surface area contributed by atoms with Crippen molar-refractivity contribution in [3.05, 3.63) is 41.6 Å². The molecular weight excluding hydrogens is 224 g/mol. The van der Waals surface area contributed by atoms with Crippen molar-refractivity contribution in [2.75, 3.05) is 6.54 Å². The average molecular weight is 240 g/mol. The summed E-state index contributed by atoms with van der Waals surface area (Å²) in [6.45, 7) is 2.73. The molecule has 4 heteroatoms. The van der Waals surface area contributed by atoms with Gasteiger partial charge in [-0.15, -0.1) is 0 Å². The van der Waals surface area contributed by atoms with Crippen molar-refractivity contribution in [1.82, 2.24) is 15.2 Å². The number of aromatic amines is 2. The number of H-pyrrole nitrogens is 2. The lowest BCUT2D eigenvalue weighted by Gasteiger charge is -1.98. The first-order chi connectivity index (χ1) is 8.78. The molecule has 2 heterocycles. The van der Waals surface area contributed by atoms with Crippen LogP contribution < -0.4 is 5.73 Å². The quantitative estimate of drug-likeness (QED) is 0.657. The van der Waals surface area contributed by atoms with E-state index in [-0.39, 0.29) is 0 Å². The Kier molecular flexibility index (Phi) is 2.64. The van der Waals surface area contributed by atoms with Crippen LogP contribution in [0.2, 0.25) is 0 Å². The Labute approximate surface area is 105 Å². The van der Waals surface area contributed by atoms with Crippen molar-refractivity contribution >= 4 is 10.9 Å². The van der Waals surface area contributed by atoms with E-state index in [4.69, 9.17) is 5.73 Å². The number of aromatic nitrogens is 3. The molecule has 0 aliphatic carbocycles. The zero-order valence-electron chi connectivity index (χ0n) is 10.3. The lowest BCUT2D eigenvalue weighted by molar-refractivity contribution is 0.971. The van der Waals surface area contributed by atoms with Crippen molar-refractivity contribution in [2.45, 2.75) is 13.3 Å². The first-order valence-corrected chi connectivity index (χ1v) is 6.10. The van der Waals surface area contributed by atoms with E-state index in [1.54, 1.807) is 0 Å². The highest BCUT2D eigenvalue weighted by atomic mass is 15.1. The normalized spacial score (nSPS) is 11.2. The molecule has 0 atom stereocenters. The smallest absolute Gasteiger partial charge is 0.0845 e. The fourth-order valence-electron chi connectivity index (χ4n) is 2.28. The molecule has 2 aromatic heterocycles. The van der Waals surface area contributed by atoms with Gasteiger partial charge in [0.2, 0.25) is 0 Å². The molecule has 0 unspecified atom stereocenters. The van der Waals surface area contributed by atoms with Gasteiger partial charge in [-0.25, -0.2) is 0 Å². The van der Waals surface area contributed by atoms with Crippen molar-refractivity contribution in [2.24, 2.45) is 5.73 Å². The second kappa shape index (κ2) is 4.31. The molecule has 92 valence electrons. The molecule has 0 amide bonds. The number of rotatable bonds is 3. The molecular formula is C14H16N4. The summed E-state index contributed by atoms with van der Waals surface area (Å²) >= 11 is 0. The molecule has 4 N–H and O–H groups in total. The number of fused-ring (bicyclic) bond motifs is 1. The number of nitrogens with one attached hydrogen (secondary N) is 2. The average Bonchev–Trinajstić information content (AvgIpc) is 2.94. The van der Waals surface area contributed by atoms with Crippen LogP contribution in [0.25, 0.3) is 22.3 Å². The highest BCUT2D eigenvalue weighted by molar-refractivity contribution is 5.86. The van der Waals surface area contributed by atoms with Crippen LogP contribution >= 0.6 is 0 Å². The number of nitrogens with zero attached hydrogens (tertiary/aromatic N) is 1. The van der Waals surface area contributed by atoms with Gasteiger partial charge in [0.25, 0.3) is 0 Å². The van der Waals surface area contributed by atoms with Gasteiger partial charge >= 0.3 is 0 Å². The number of benzene rings is 1. The molecule has 3 aromatic rings. The highest BCUT2D eigenvalue weighted by Gasteiger charge is 2.09. The zero-order valence-corrected chi connectivity index (χ0v) is 10.3.